The van der Waals surface area contributed by atoms with Crippen LogP contribution in [0.3, 0.4) is 0 Å². The standard InChI is InChI=1S/C16H17Cl3N2O3S2/c1-3-21(4-2)15(22)5-10-8-25-9-14(10)20-26(23,24)16-12(18)6-11(17)7-13(16)19/h6-9,20H,3-5H2,1-2H3. The number of carbonyl (C=O) groups is 1. The van der Waals surface area contributed by atoms with E-state index in [2.05, 4.69) is 4.72 Å². The monoisotopic (exact) mass is 454 g/mol. The van der Waals surface area contributed by atoms with Crippen molar-refractivity contribution in [3.63, 3.8) is 0 Å². The number of nitrogens with zero attached hydrogens (tertiary/aromatic N) is 1. The number of rotatable bonds is 7. The molecule has 1 amide bonds. The van der Waals surface area contributed by atoms with E-state index in [1.807, 2.05) is 13.8 Å². The summed E-state index contributed by atoms with van der Waals surface area (Å²) in [6.07, 6.45) is 0.102. The first-order chi connectivity index (χ1) is 12.2. The van der Waals surface area contributed by atoms with Crippen LogP contribution < -0.4 is 4.72 Å². The Labute approximate surface area is 171 Å². The van der Waals surface area contributed by atoms with E-state index in [0.717, 1.165) is 0 Å². The Morgan fingerprint density at radius 1 is 1.12 bits per heavy atom. The molecule has 0 aliphatic rings. The van der Waals surface area contributed by atoms with Gasteiger partial charge in [-0.3, -0.25) is 9.52 Å². The molecule has 2 aromatic rings. The molecule has 142 valence electrons. The zero-order chi connectivity index (χ0) is 19.5. The van der Waals surface area contributed by atoms with Gasteiger partial charge in [0, 0.05) is 23.5 Å². The van der Waals surface area contributed by atoms with E-state index in [9.17, 15) is 13.2 Å². The van der Waals surface area contributed by atoms with Crippen LogP contribution in [0, 0.1) is 0 Å². The van der Waals surface area contributed by atoms with Crippen molar-refractivity contribution in [2.75, 3.05) is 17.8 Å². The minimum absolute atomic E-state index is 0.0728. The second-order valence-corrected chi connectivity index (χ2v) is 8.97. The van der Waals surface area contributed by atoms with E-state index in [-0.39, 0.29) is 32.3 Å². The molecule has 5 nitrogen and oxygen atoms in total. The van der Waals surface area contributed by atoms with Gasteiger partial charge in [-0.2, -0.15) is 0 Å². The summed E-state index contributed by atoms with van der Waals surface area (Å²) in [4.78, 5) is 13.7. The highest BCUT2D eigenvalue weighted by atomic mass is 35.5. The summed E-state index contributed by atoms with van der Waals surface area (Å²) in [6, 6.07) is 2.62. The normalized spacial score (nSPS) is 11.4. The Hall–Kier alpha value is -0.990. The average molecular weight is 456 g/mol. The quantitative estimate of drug-likeness (QED) is 0.644. The number of hydrogen-bond acceptors (Lipinski definition) is 4. The van der Waals surface area contributed by atoms with Gasteiger partial charge < -0.3 is 4.90 Å². The van der Waals surface area contributed by atoms with Gasteiger partial charge in [-0.25, -0.2) is 8.42 Å². The Bertz CT molecular complexity index is 886. The van der Waals surface area contributed by atoms with Gasteiger partial charge in [0.15, 0.2) is 0 Å². The van der Waals surface area contributed by atoms with Crippen molar-refractivity contribution < 1.29 is 13.2 Å². The van der Waals surface area contributed by atoms with Crippen LogP contribution in [-0.4, -0.2) is 32.3 Å². The molecular weight excluding hydrogens is 439 g/mol. The SMILES string of the molecule is CCN(CC)C(=O)Cc1cscc1NS(=O)(=O)c1c(Cl)cc(Cl)cc1Cl. The predicted molar refractivity (Wildman–Crippen MR) is 108 cm³/mol. The summed E-state index contributed by atoms with van der Waals surface area (Å²) in [5, 5.41) is 3.45. The van der Waals surface area contributed by atoms with Crippen molar-refractivity contribution in [1.29, 1.82) is 0 Å². The summed E-state index contributed by atoms with van der Waals surface area (Å²) >= 11 is 19.2. The van der Waals surface area contributed by atoms with Crippen molar-refractivity contribution in [2.45, 2.75) is 25.2 Å². The molecule has 0 bridgehead atoms. The molecule has 1 aromatic carbocycles. The third kappa shape index (κ3) is 4.84. The van der Waals surface area contributed by atoms with Crippen LogP contribution in [0.2, 0.25) is 15.1 Å². The highest BCUT2D eigenvalue weighted by Crippen LogP contribution is 2.34. The molecule has 0 aliphatic heterocycles. The van der Waals surface area contributed by atoms with Crippen LogP contribution in [0.4, 0.5) is 5.69 Å². The molecule has 0 unspecified atom stereocenters. The maximum Gasteiger partial charge on any atom is 0.264 e. The summed E-state index contributed by atoms with van der Waals surface area (Å²) in [6.45, 7) is 4.97. The van der Waals surface area contributed by atoms with Crippen LogP contribution in [0.25, 0.3) is 0 Å². The number of nitrogens with one attached hydrogen (secondary N) is 1. The highest BCUT2D eigenvalue weighted by molar-refractivity contribution is 7.93. The predicted octanol–water partition coefficient (Wildman–Crippen LogP) is 4.92. The van der Waals surface area contributed by atoms with E-state index in [1.165, 1.54) is 23.5 Å². The highest BCUT2D eigenvalue weighted by Gasteiger charge is 2.24. The van der Waals surface area contributed by atoms with E-state index in [4.69, 9.17) is 34.8 Å². The molecule has 10 heteroatoms. The molecular formula is C16H17Cl3N2O3S2. The third-order valence-corrected chi connectivity index (χ3v) is 6.97. The topological polar surface area (TPSA) is 66.5 Å². The number of anilines is 1. The lowest BCUT2D eigenvalue weighted by Crippen LogP contribution is -2.31. The number of amides is 1. The maximum absolute atomic E-state index is 12.7. The number of thiophene rings is 1. The number of likely N-dealkylation sites (N-methyl/N-ethyl adjacent to an activating group) is 1. The number of benzene rings is 1. The van der Waals surface area contributed by atoms with Crippen molar-refractivity contribution >= 4 is 67.8 Å². The molecule has 0 fully saturated rings. The van der Waals surface area contributed by atoms with Gasteiger partial charge in [-0.1, -0.05) is 34.8 Å². The minimum Gasteiger partial charge on any atom is -0.343 e. The van der Waals surface area contributed by atoms with Gasteiger partial charge in [-0.05, 0) is 36.9 Å². The molecule has 0 aliphatic carbocycles. The Morgan fingerprint density at radius 2 is 1.69 bits per heavy atom. The van der Waals surface area contributed by atoms with Crippen LogP contribution in [0.1, 0.15) is 19.4 Å². The third-order valence-electron chi connectivity index (χ3n) is 3.68. The fourth-order valence-electron chi connectivity index (χ4n) is 2.38. The van der Waals surface area contributed by atoms with E-state index in [0.29, 0.717) is 24.3 Å². The van der Waals surface area contributed by atoms with Gasteiger partial charge in [0.05, 0.1) is 22.2 Å². The number of hydrogen-bond donors (Lipinski definition) is 1. The van der Waals surface area contributed by atoms with E-state index in [1.54, 1.807) is 15.7 Å². The fraction of sp³-hybridized carbons (Fsp3) is 0.312. The molecule has 2 rings (SSSR count). The van der Waals surface area contributed by atoms with Gasteiger partial charge in [0.1, 0.15) is 4.90 Å². The maximum atomic E-state index is 12.7. The minimum atomic E-state index is -4.04. The molecule has 0 saturated heterocycles. The lowest BCUT2D eigenvalue weighted by Gasteiger charge is -2.19. The second-order valence-electron chi connectivity index (χ2n) is 5.36. The summed E-state index contributed by atoms with van der Waals surface area (Å²) < 4.78 is 27.9. The molecule has 0 saturated carbocycles. The molecule has 0 atom stereocenters. The Balaban J connectivity index is 2.30. The fourth-order valence-corrected chi connectivity index (χ4v) is 5.89. The first-order valence-corrected chi connectivity index (χ1v) is 11.3. The van der Waals surface area contributed by atoms with Gasteiger partial charge in [-0.15, -0.1) is 11.3 Å². The van der Waals surface area contributed by atoms with Crippen molar-refractivity contribution in [3.05, 3.63) is 43.5 Å². The number of halogens is 3. The number of carbonyl (C=O) groups excluding carboxylic acids is 1. The lowest BCUT2D eigenvalue weighted by molar-refractivity contribution is -0.130. The van der Waals surface area contributed by atoms with Crippen LogP contribution in [0.5, 0.6) is 0 Å². The van der Waals surface area contributed by atoms with Gasteiger partial charge in [0.25, 0.3) is 10.0 Å². The smallest absolute Gasteiger partial charge is 0.264 e. The number of sulfonamides is 1. The van der Waals surface area contributed by atoms with Crippen molar-refractivity contribution in [2.24, 2.45) is 0 Å². The zero-order valence-corrected chi connectivity index (χ0v) is 18.0. The first kappa shape index (κ1) is 21.3. The van der Waals surface area contributed by atoms with Crippen molar-refractivity contribution in [1.82, 2.24) is 4.90 Å². The van der Waals surface area contributed by atoms with Gasteiger partial charge in [0.2, 0.25) is 5.91 Å². The molecule has 1 N–H and O–H groups in total. The van der Waals surface area contributed by atoms with E-state index < -0.39 is 10.0 Å². The van der Waals surface area contributed by atoms with E-state index >= 15 is 0 Å². The van der Waals surface area contributed by atoms with Crippen LogP contribution in [0.15, 0.2) is 27.8 Å². The van der Waals surface area contributed by atoms with Gasteiger partial charge >= 0.3 is 0 Å². The molecule has 0 spiro atoms. The first-order valence-electron chi connectivity index (χ1n) is 7.69. The Morgan fingerprint density at radius 3 is 2.23 bits per heavy atom. The van der Waals surface area contributed by atoms with Crippen LogP contribution in [-0.2, 0) is 21.2 Å². The zero-order valence-electron chi connectivity index (χ0n) is 14.1. The molecule has 1 heterocycles. The summed E-state index contributed by atoms with van der Waals surface area (Å²) in [5.74, 6) is -0.0728. The largest absolute Gasteiger partial charge is 0.343 e. The average Bonchev–Trinajstić information content (AvgIpc) is 2.93. The Kier molecular flexibility index (Phi) is 7.21. The molecule has 1 aromatic heterocycles. The summed E-state index contributed by atoms with van der Waals surface area (Å²) in [5.41, 5.74) is 0.925. The summed E-state index contributed by atoms with van der Waals surface area (Å²) in [7, 11) is -4.04. The van der Waals surface area contributed by atoms with Crippen LogP contribution >= 0.6 is 46.1 Å². The molecule has 0 radical (unpaired) electrons. The molecule has 26 heavy (non-hydrogen) atoms. The lowest BCUT2D eigenvalue weighted by atomic mass is 10.2. The second kappa shape index (κ2) is 8.80. The van der Waals surface area contributed by atoms with Crippen molar-refractivity contribution in [3.8, 4) is 0 Å².